The van der Waals surface area contributed by atoms with Gasteiger partial charge in [0.15, 0.2) is 4.34 Å². The standard InChI is InChI=1S/C11H8Cl3N3OS2/c1-5(20-11-17-15-4-19-11)10(18)16-9-3-7(13)6(12)2-8(9)14/h2-5H,1H3,(H,16,18)/t5-/m1/s1. The Balaban J connectivity index is 2.06. The summed E-state index contributed by atoms with van der Waals surface area (Å²) >= 11 is 20.4. The van der Waals surface area contributed by atoms with Crippen LogP contribution in [0.4, 0.5) is 5.69 Å². The van der Waals surface area contributed by atoms with Gasteiger partial charge >= 0.3 is 0 Å². The Morgan fingerprint density at radius 2 is 2.00 bits per heavy atom. The first kappa shape index (κ1) is 15.9. The third kappa shape index (κ3) is 3.99. The van der Waals surface area contributed by atoms with Crippen molar-refractivity contribution in [2.45, 2.75) is 16.5 Å². The predicted molar refractivity (Wildman–Crippen MR) is 85.3 cm³/mol. The summed E-state index contributed by atoms with van der Waals surface area (Å²) in [6, 6.07) is 3.01. The molecule has 9 heteroatoms. The fourth-order valence-corrected chi connectivity index (χ4v) is 3.49. The summed E-state index contributed by atoms with van der Waals surface area (Å²) in [5.74, 6) is -0.203. The number of anilines is 1. The lowest BCUT2D eigenvalue weighted by molar-refractivity contribution is -0.115. The molecule has 1 aromatic heterocycles. The van der Waals surface area contributed by atoms with E-state index in [1.54, 1.807) is 12.4 Å². The van der Waals surface area contributed by atoms with E-state index in [4.69, 9.17) is 34.8 Å². The van der Waals surface area contributed by atoms with Crippen molar-refractivity contribution in [2.75, 3.05) is 5.32 Å². The number of carbonyl (C=O) groups is 1. The highest BCUT2D eigenvalue weighted by Gasteiger charge is 2.18. The van der Waals surface area contributed by atoms with Gasteiger partial charge in [-0.15, -0.1) is 10.2 Å². The highest BCUT2D eigenvalue weighted by Crippen LogP contribution is 2.33. The molecule has 1 N–H and O–H groups in total. The largest absolute Gasteiger partial charge is 0.324 e. The molecule has 0 aliphatic rings. The maximum atomic E-state index is 12.1. The summed E-state index contributed by atoms with van der Waals surface area (Å²) in [4.78, 5) is 12.1. The minimum Gasteiger partial charge on any atom is -0.324 e. The Labute approximate surface area is 138 Å². The van der Waals surface area contributed by atoms with Crippen LogP contribution in [-0.4, -0.2) is 21.4 Å². The summed E-state index contributed by atoms with van der Waals surface area (Å²) in [5.41, 5.74) is 2.04. The molecule has 0 spiro atoms. The van der Waals surface area contributed by atoms with Crippen LogP contribution in [0.5, 0.6) is 0 Å². The molecule has 0 saturated carbocycles. The van der Waals surface area contributed by atoms with Crippen molar-refractivity contribution in [1.82, 2.24) is 10.2 Å². The number of thioether (sulfide) groups is 1. The molecule has 0 saturated heterocycles. The van der Waals surface area contributed by atoms with Crippen LogP contribution >= 0.6 is 57.9 Å². The van der Waals surface area contributed by atoms with Gasteiger partial charge in [-0.1, -0.05) is 57.9 Å². The first-order chi connectivity index (χ1) is 9.47. The van der Waals surface area contributed by atoms with Gasteiger partial charge in [0.1, 0.15) is 5.51 Å². The average Bonchev–Trinajstić information content (AvgIpc) is 2.88. The van der Waals surface area contributed by atoms with E-state index in [2.05, 4.69) is 15.5 Å². The molecule has 4 nitrogen and oxygen atoms in total. The van der Waals surface area contributed by atoms with Crippen molar-refractivity contribution >= 4 is 69.5 Å². The van der Waals surface area contributed by atoms with Crippen LogP contribution in [0.15, 0.2) is 22.0 Å². The molecule has 0 aliphatic heterocycles. The number of carbonyl (C=O) groups excluding carboxylic acids is 1. The van der Waals surface area contributed by atoms with Gasteiger partial charge in [0.25, 0.3) is 0 Å². The molecule has 1 heterocycles. The fraction of sp³-hybridized carbons (Fsp3) is 0.182. The smallest absolute Gasteiger partial charge is 0.237 e. The number of nitrogens with zero attached hydrogens (tertiary/aromatic N) is 2. The average molecular weight is 369 g/mol. The van der Waals surface area contributed by atoms with Crippen molar-refractivity contribution in [1.29, 1.82) is 0 Å². The molecular weight excluding hydrogens is 361 g/mol. The van der Waals surface area contributed by atoms with Gasteiger partial charge in [0.2, 0.25) is 5.91 Å². The van der Waals surface area contributed by atoms with E-state index in [-0.39, 0.29) is 11.2 Å². The van der Waals surface area contributed by atoms with Crippen molar-refractivity contribution in [2.24, 2.45) is 0 Å². The summed E-state index contributed by atoms with van der Waals surface area (Å²) in [5, 5.41) is 11.0. The summed E-state index contributed by atoms with van der Waals surface area (Å²) in [6.45, 7) is 1.77. The second kappa shape index (κ2) is 6.95. The number of hydrogen-bond acceptors (Lipinski definition) is 5. The number of rotatable bonds is 4. The Morgan fingerprint density at radius 1 is 1.30 bits per heavy atom. The monoisotopic (exact) mass is 367 g/mol. The molecule has 0 aliphatic carbocycles. The predicted octanol–water partition coefficient (Wildman–Crippen LogP) is 4.62. The van der Waals surface area contributed by atoms with Gasteiger partial charge in [0.05, 0.1) is 26.0 Å². The lowest BCUT2D eigenvalue weighted by atomic mass is 10.3. The second-order valence-corrected chi connectivity index (χ2v) is 7.34. The van der Waals surface area contributed by atoms with Crippen LogP contribution in [0.2, 0.25) is 15.1 Å². The third-order valence-electron chi connectivity index (χ3n) is 2.25. The molecule has 20 heavy (non-hydrogen) atoms. The first-order valence-electron chi connectivity index (χ1n) is 5.35. The van der Waals surface area contributed by atoms with E-state index in [9.17, 15) is 4.79 Å². The molecule has 0 fully saturated rings. The lowest BCUT2D eigenvalue weighted by Crippen LogP contribution is -2.22. The molecule has 1 atom stereocenters. The third-order valence-corrected chi connectivity index (χ3v) is 5.20. The number of nitrogens with one attached hydrogen (secondary N) is 1. The highest BCUT2D eigenvalue weighted by atomic mass is 35.5. The van der Waals surface area contributed by atoms with Gasteiger partial charge in [-0.2, -0.15) is 0 Å². The molecule has 2 aromatic rings. The normalized spacial score (nSPS) is 12.2. The zero-order chi connectivity index (χ0) is 14.7. The molecular formula is C11H8Cl3N3OS2. The zero-order valence-corrected chi connectivity index (χ0v) is 14.0. The van der Waals surface area contributed by atoms with Gasteiger partial charge in [-0.25, -0.2) is 0 Å². The van der Waals surface area contributed by atoms with Crippen LogP contribution in [0, 0.1) is 0 Å². The SMILES string of the molecule is C[C@@H](Sc1nncs1)C(=O)Nc1cc(Cl)c(Cl)cc1Cl. The summed E-state index contributed by atoms with van der Waals surface area (Å²) in [7, 11) is 0. The molecule has 0 radical (unpaired) electrons. The van der Waals surface area contributed by atoms with E-state index in [1.807, 2.05) is 0 Å². The second-order valence-electron chi connectivity index (χ2n) is 3.70. The topological polar surface area (TPSA) is 54.9 Å². The Kier molecular flexibility index (Phi) is 5.51. The number of halogens is 3. The Bertz CT molecular complexity index is 622. The van der Waals surface area contributed by atoms with Crippen molar-refractivity contribution in [3.63, 3.8) is 0 Å². The summed E-state index contributed by atoms with van der Waals surface area (Å²) < 4.78 is 0.730. The van der Waals surface area contributed by atoms with E-state index in [0.29, 0.717) is 20.8 Å². The number of amides is 1. The molecule has 1 aromatic carbocycles. The molecule has 1 amide bonds. The van der Waals surface area contributed by atoms with Crippen LogP contribution in [0.25, 0.3) is 0 Å². The molecule has 106 valence electrons. The van der Waals surface area contributed by atoms with Gasteiger partial charge in [0, 0.05) is 0 Å². The van der Waals surface area contributed by atoms with Crippen molar-refractivity contribution in [3.05, 3.63) is 32.7 Å². The first-order valence-corrected chi connectivity index (χ1v) is 8.25. The zero-order valence-electron chi connectivity index (χ0n) is 10.1. The number of aromatic nitrogens is 2. The van der Waals surface area contributed by atoms with Crippen LogP contribution in [0.1, 0.15) is 6.92 Å². The van der Waals surface area contributed by atoms with E-state index >= 15 is 0 Å². The van der Waals surface area contributed by atoms with E-state index < -0.39 is 0 Å². The Morgan fingerprint density at radius 3 is 2.65 bits per heavy atom. The van der Waals surface area contributed by atoms with Crippen LogP contribution in [0.3, 0.4) is 0 Å². The highest BCUT2D eigenvalue weighted by molar-refractivity contribution is 8.02. The molecule has 0 unspecified atom stereocenters. The lowest BCUT2D eigenvalue weighted by Gasteiger charge is -2.12. The molecule has 2 rings (SSSR count). The van der Waals surface area contributed by atoms with Gasteiger partial charge in [-0.3, -0.25) is 4.79 Å². The van der Waals surface area contributed by atoms with Gasteiger partial charge < -0.3 is 5.32 Å². The summed E-state index contributed by atoms with van der Waals surface area (Å²) in [6.07, 6.45) is 0. The quantitative estimate of drug-likeness (QED) is 0.632. The molecule has 0 bridgehead atoms. The van der Waals surface area contributed by atoms with E-state index in [0.717, 1.165) is 4.34 Å². The number of benzene rings is 1. The van der Waals surface area contributed by atoms with Crippen molar-refractivity contribution < 1.29 is 4.79 Å². The fourth-order valence-electron chi connectivity index (χ4n) is 1.27. The number of hydrogen-bond donors (Lipinski definition) is 1. The van der Waals surface area contributed by atoms with Crippen molar-refractivity contribution in [3.8, 4) is 0 Å². The van der Waals surface area contributed by atoms with Crippen LogP contribution in [-0.2, 0) is 4.79 Å². The van der Waals surface area contributed by atoms with Gasteiger partial charge in [-0.05, 0) is 19.1 Å². The maximum absolute atomic E-state index is 12.1. The maximum Gasteiger partial charge on any atom is 0.237 e. The minimum atomic E-state index is -0.339. The Hall–Kier alpha value is -0.530. The van der Waals surface area contributed by atoms with E-state index in [1.165, 1.54) is 35.2 Å². The minimum absolute atomic E-state index is 0.203. The van der Waals surface area contributed by atoms with Crippen LogP contribution < -0.4 is 5.32 Å².